The Morgan fingerprint density at radius 2 is 1.42 bits per heavy atom. The standard InChI is InChI=1S/C22H28O2/c1-16-3-7-18(8-4-16)19-11-13-21(14-12-19)24-15-22(23)20-9-5-17(2)6-10-20/h3-10,19,21-23H,11-15H2,1-2H3. The highest BCUT2D eigenvalue weighted by molar-refractivity contribution is 5.25. The molecule has 0 spiro atoms. The normalized spacial score (nSPS) is 22.3. The molecule has 0 bridgehead atoms. The van der Waals surface area contributed by atoms with Crippen molar-refractivity contribution in [3.05, 3.63) is 70.8 Å². The minimum atomic E-state index is -0.527. The van der Waals surface area contributed by atoms with Crippen LogP contribution in [-0.2, 0) is 4.74 Å². The summed E-state index contributed by atoms with van der Waals surface area (Å²) in [5.41, 5.74) is 4.93. The van der Waals surface area contributed by atoms with E-state index in [0.717, 1.165) is 18.4 Å². The maximum Gasteiger partial charge on any atom is 0.102 e. The van der Waals surface area contributed by atoms with Gasteiger partial charge in [-0.1, -0.05) is 59.7 Å². The average molecular weight is 324 g/mol. The van der Waals surface area contributed by atoms with Crippen LogP contribution in [-0.4, -0.2) is 17.8 Å². The van der Waals surface area contributed by atoms with Gasteiger partial charge in [0.1, 0.15) is 6.10 Å². The zero-order chi connectivity index (χ0) is 16.9. The molecule has 0 amide bonds. The van der Waals surface area contributed by atoms with E-state index < -0.39 is 6.10 Å². The number of benzene rings is 2. The molecular formula is C22H28O2. The summed E-state index contributed by atoms with van der Waals surface area (Å²) in [6, 6.07) is 17.0. The third-order valence-electron chi connectivity index (χ3n) is 5.17. The van der Waals surface area contributed by atoms with Crippen molar-refractivity contribution >= 4 is 0 Å². The van der Waals surface area contributed by atoms with Crippen LogP contribution in [0.5, 0.6) is 0 Å². The van der Waals surface area contributed by atoms with E-state index in [9.17, 15) is 5.11 Å². The topological polar surface area (TPSA) is 29.5 Å². The molecule has 2 aromatic rings. The lowest BCUT2D eigenvalue weighted by molar-refractivity contribution is -0.0266. The second kappa shape index (κ2) is 7.96. The van der Waals surface area contributed by atoms with Crippen molar-refractivity contribution in [2.75, 3.05) is 6.61 Å². The molecule has 0 saturated heterocycles. The smallest absolute Gasteiger partial charge is 0.102 e. The first kappa shape index (κ1) is 17.2. The molecule has 2 nitrogen and oxygen atoms in total. The first-order valence-corrected chi connectivity index (χ1v) is 9.04. The van der Waals surface area contributed by atoms with Crippen LogP contribution in [0.3, 0.4) is 0 Å². The predicted molar refractivity (Wildman–Crippen MR) is 98.3 cm³/mol. The summed E-state index contributed by atoms with van der Waals surface area (Å²) >= 11 is 0. The van der Waals surface area contributed by atoms with E-state index in [1.807, 2.05) is 24.3 Å². The molecular weight excluding hydrogens is 296 g/mol. The highest BCUT2D eigenvalue weighted by atomic mass is 16.5. The Hall–Kier alpha value is -1.64. The first-order valence-electron chi connectivity index (χ1n) is 9.04. The molecule has 1 atom stereocenters. The van der Waals surface area contributed by atoms with Crippen LogP contribution in [0, 0.1) is 13.8 Å². The van der Waals surface area contributed by atoms with E-state index in [-0.39, 0.29) is 6.10 Å². The quantitative estimate of drug-likeness (QED) is 0.831. The second-order valence-corrected chi connectivity index (χ2v) is 7.14. The van der Waals surface area contributed by atoms with Gasteiger partial charge < -0.3 is 9.84 Å². The lowest BCUT2D eigenvalue weighted by Crippen LogP contribution is -2.23. The molecule has 0 aliphatic heterocycles. The van der Waals surface area contributed by atoms with Crippen molar-refractivity contribution in [3.63, 3.8) is 0 Å². The fourth-order valence-corrected chi connectivity index (χ4v) is 3.51. The summed E-state index contributed by atoms with van der Waals surface area (Å²) in [6.45, 7) is 4.58. The van der Waals surface area contributed by atoms with Crippen molar-refractivity contribution in [2.45, 2.75) is 57.7 Å². The third-order valence-corrected chi connectivity index (χ3v) is 5.17. The Balaban J connectivity index is 1.45. The van der Waals surface area contributed by atoms with Gasteiger partial charge in [0.05, 0.1) is 12.7 Å². The first-order chi connectivity index (χ1) is 11.6. The van der Waals surface area contributed by atoms with Crippen molar-refractivity contribution in [2.24, 2.45) is 0 Å². The van der Waals surface area contributed by atoms with Gasteiger partial charge in [-0.05, 0) is 56.6 Å². The average Bonchev–Trinajstić information content (AvgIpc) is 2.61. The number of hydrogen-bond donors (Lipinski definition) is 1. The zero-order valence-corrected chi connectivity index (χ0v) is 14.7. The lowest BCUT2D eigenvalue weighted by Gasteiger charge is -2.29. The third kappa shape index (κ3) is 4.46. The van der Waals surface area contributed by atoms with E-state index in [1.54, 1.807) is 0 Å². The largest absolute Gasteiger partial charge is 0.386 e. The monoisotopic (exact) mass is 324 g/mol. The van der Waals surface area contributed by atoms with E-state index in [0.29, 0.717) is 12.5 Å². The number of aliphatic hydroxyl groups excluding tert-OH is 1. The van der Waals surface area contributed by atoms with Crippen LogP contribution in [0.2, 0.25) is 0 Å². The fourth-order valence-electron chi connectivity index (χ4n) is 3.51. The van der Waals surface area contributed by atoms with Crippen LogP contribution in [0.25, 0.3) is 0 Å². The molecule has 0 aromatic heterocycles. The highest BCUT2D eigenvalue weighted by Crippen LogP contribution is 2.34. The van der Waals surface area contributed by atoms with Gasteiger partial charge in [-0.15, -0.1) is 0 Å². The molecule has 2 aromatic carbocycles. The van der Waals surface area contributed by atoms with Gasteiger partial charge in [0, 0.05) is 0 Å². The van der Waals surface area contributed by atoms with Crippen molar-refractivity contribution in [1.82, 2.24) is 0 Å². The molecule has 1 fully saturated rings. The van der Waals surface area contributed by atoms with Gasteiger partial charge >= 0.3 is 0 Å². The van der Waals surface area contributed by atoms with Gasteiger partial charge in [-0.2, -0.15) is 0 Å². The molecule has 0 heterocycles. The summed E-state index contributed by atoms with van der Waals surface area (Å²) in [7, 11) is 0. The number of aliphatic hydroxyl groups is 1. The summed E-state index contributed by atoms with van der Waals surface area (Å²) in [6.07, 6.45) is 4.27. The Labute approximate surface area is 145 Å². The maximum atomic E-state index is 10.3. The molecule has 24 heavy (non-hydrogen) atoms. The van der Waals surface area contributed by atoms with E-state index >= 15 is 0 Å². The summed E-state index contributed by atoms with van der Waals surface area (Å²) in [4.78, 5) is 0. The minimum absolute atomic E-state index is 0.284. The van der Waals surface area contributed by atoms with Gasteiger partial charge in [0.25, 0.3) is 0 Å². The van der Waals surface area contributed by atoms with Gasteiger partial charge in [-0.3, -0.25) is 0 Å². The zero-order valence-electron chi connectivity index (χ0n) is 14.7. The predicted octanol–water partition coefficient (Wildman–Crippen LogP) is 5.08. The fraction of sp³-hybridized carbons (Fsp3) is 0.455. The number of hydrogen-bond acceptors (Lipinski definition) is 2. The lowest BCUT2D eigenvalue weighted by atomic mass is 9.82. The number of aryl methyl sites for hydroxylation is 2. The minimum Gasteiger partial charge on any atom is -0.386 e. The molecule has 2 heteroatoms. The molecule has 0 radical (unpaired) electrons. The van der Waals surface area contributed by atoms with Crippen LogP contribution in [0.15, 0.2) is 48.5 Å². The molecule has 1 saturated carbocycles. The molecule has 128 valence electrons. The molecule has 1 N–H and O–H groups in total. The Kier molecular flexibility index (Phi) is 5.70. The van der Waals surface area contributed by atoms with Crippen molar-refractivity contribution in [1.29, 1.82) is 0 Å². The summed E-state index contributed by atoms with van der Waals surface area (Å²) in [5.74, 6) is 0.660. The second-order valence-electron chi connectivity index (χ2n) is 7.14. The molecule has 1 unspecified atom stereocenters. The highest BCUT2D eigenvalue weighted by Gasteiger charge is 2.23. The Bertz CT molecular complexity index is 622. The van der Waals surface area contributed by atoms with Gasteiger partial charge in [0.15, 0.2) is 0 Å². The van der Waals surface area contributed by atoms with Gasteiger partial charge in [-0.25, -0.2) is 0 Å². The van der Waals surface area contributed by atoms with Crippen LogP contribution in [0.1, 0.15) is 60.0 Å². The van der Waals surface area contributed by atoms with E-state index in [2.05, 4.69) is 38.1 Å². The SMILES string of the molecule is Cc1ccc(C(O)COC2CCC(c3ccc(C)cc3)CC2)cc1. The van der Waals surface area contributed by atoms with E-state index in [4.69, 9.17) is 4.74 Å². The number of rotatable bonds is 5. The summed E-state index contributed by atoms with van der Waals surface area (Å²) in [5, 5.41) is 10.3. The summed E-state index contributed by atoms with van der Waals surface area (Å²) < 4.78 is 5.98. The van der Waals surface area contributed by atoms with Gasteiger partial charge in [0.2, 0.25) is 0 Å². The molecule has 1 aliphatic rings. The van der Waals surface area contributed by atoms with E-state index in [1.165, 1.54) is 29.5 Å². The van der Waals surface area contributed by atoms with Crippen LogP contribution in [0.4, 0.5) is 0 Å². The Morgan fingerprint density at radius 1 is 0.875 bits per heavy atom. The maximum absolute atomic E-state index is 10.3. The molecule has 1 aliphatic carbocycles. The van der Waals surface area contributed by atoms with Crippen molar-refractivity contribution in [3.8, 4) is 0 Å². The molecule has 3 rings (SSSR count). The van der Waals surface area contributed by atoms with Crippen LogP contribution < -0.4 is 0 Å². The van der Waals surface area contributed by atoms with Crippen LogP contribution >= 0.6 is 0 Å². The number of ether oxygens (including phenoxy) is 1. The Morgan fingerprint density at radius 3 is 2.00 bits per heavy atom. The van der Waals surface area contributed by atoms with Crippen molar-refractivity contribution < 1.29 is 9.84 Å².